The van der Waals surface area contributed by atoms with Crippen molar-refractivity contribution in [2.45, 2.75) is 49.3 Å². The van der Waals surface area contributed by atoms with Gasteiger partial charge in [0.1, 0.15) is 0 Å². The smallest absolute Gasteiger partial charge is 0.241 e. The van der Waals surface area contributed by atoms with E-state index in [1.165, 1.54) is 24.2 Å². The largest absolute Gasteiger partial charge is 0.377 e. The first-order valence-electron chi connectivity index (χ1n) is 7.05. The van der Waals surface area contributed by atoms with Crippen molar-refractivity contribution in [2.75, 3.05) is 13.2 Å². The molecule has 0 spiro atoms. The van der Waals surface area contributed by atoms with Crippen LogP contribution in [0.2, 0.25) is 0 Å². The number of hydrogen-bond acceptors (Lipinski definition) is 5. The first-order chi connectivity index (χ1) is 9.63. The lowest BCUT2D eigenvalue weighted by molar-refractivity contribution is 0.114. The number of hydrogen-bond donors (Lipinski definition) is 2. The van der Waals surface area contributed by atoms with Crippen LogP contribution in [0.1, 0.15) is 30.6 Å². The molecule has 1 unspecified atom stereocenters. The Hall–Kier alpha value is -0.470. The average Bonchev–Trinajstić information content (AvgIpc) is 2.94. The minimum atomic E-state index is -3.40. The molecule has 2 heterocycles. The van der Waals surface area contributed by atoms with E-state index in [1.54, 1.807) is 11.4 Å². The molecule has 2 fully saturated rings. The summed E-state index contributed by atoms with van der Waals surface area (Å²) >= 11 is 1.49. The van der Waals surface area contributed by atoms with Gasteiger partial charge in [-0.2, -0.15) is 0 Å². The fourth-order valence-electron chi connectivity index (χ4n) is 2.22. The topological polar surface area (TPSA) is 67.4 Å². The van der Waals surface area contributed by atoms with Gasteiger partial charge in [0.2, 0.25) is 10.0 Å². The van der Waals surface area contributed by atoms with Gasteiger partial charge in [-0.1, -0.05) is 0 Å². The Morgan fingerprint density at radius 2 is 2.20 bits per heavy atom. The van der Waals surface area contributed by atoms with E-state index in [1.807, 2.05) is 0 Å². The molecule has 1 saturated heterocycles. The van der Waals surface area contributed by atoms with E-state index in [-0.39, 0.29) is 6.10 Å². The molecule has 1 aliphatic carbocycles. The maximum atomic E-state index is 12.2. The van der Waals surface area contributed by atoms with Crippen molar-refractivity contribution in [1.29, 1.82) is 0 Å². The van der Waals surface area contributed by atoms with Gasteiger partial charge >= 0.3 is 0 Å². The second-order valence-electron chi connectivity index (χ2n) is 5.39. The van der Waals surface area contributed by atoms with Crippen LogP contribution in [0.5, 0.6) is 0 Å². The molecule has 1 atom stereocenters. The molecule has 0 radical (unpaired) electrons. The molecule has 2 aliphatic rings. The van der Waals surface area contributed by atoms with E-state index in [0.29, 0.717) is 17.5 Å². The monoisotopic (exact) mass is 316 g/mol. The van der Waals surface area contributed by atoms with Crippen molar-refractivity contribution in [2.24, 2.45) is 0 Å². The van der Waals surface area contributed by atoms with E-state index < -0.39 is 10.0 Å². The molecule has 112 valence electrons. The van der Waals surface area contributed by atoms with Gasteiger partial charge in [-0.3, -0.25) is 0 Å². The zero-order valence-corrected chi connectivity index (χ0v) is 12.9. The van der Waals surface area contributed by atoms with E-state index in [4.69, 9.17) is 4.74 Å². The molecule has 2 N–H and O–H groups in total. The first kappa shape index (κ1) is 14.5. The molecule has 5 nitrogen and oxygen atoms in total. The van der Waals surface area contributed by atoms with Crippen LogP contribution in [0.3, 0.4) is 0 Å². The van der Waals surface area contributed by atoms with Crippen molar-refractivity contribution in [3.63, 3.8) is 0 Å². The SMILES string of the molecule is O=S(=O)(NCC1CCCO1)c1csc(CNC2CC2)c1. The molecular weight excluding hydrogens is 296 g/mol. The van der Waals surface area contributed by atoms with Gasteiger partial charge in [-0.05, 0) is 31.7 Å². The van der Waals surface area contributed by atoms with Crippen molar-refractivity contribution < 1.29 is 13.2 Å². The quantitative estimate of drug-likeness (QED) is 0.799. The van der Waals surface area contributed by atoms with E-state index >= 15 is 0 Å². The van der Waals surface area contributed by atoms with Crippen LogP contribution < -0.4 is 10.0 Å². The Labute approximate surface area is 123 Å². The number of thiophene rings is 1. The average molecular weight is 316 g/mol. The number of nitrogens with one attached hydrogen (secondary N) is 2. The molecular formula is C13H20N2O3S2. The third kappa shape index (κ3) is 3.79. The highest BCUT2D eigenvalue weighted by atomic mass is 32.2. The maximum absolute atomic E-state index is 12.2. The summed E-state index contributed by atoms with van der Waals surface area (Å²) in [4.78, 5) is 1.43. The minimum absolute atomic E-state index is 0.0272. The van der Waals surface area contributed by atoms with Crippen LogP contribution in [-0.2, 0) is 21.3 Å². The Bertz CT molecular complexity index is 546. The predicted octanol–water partition coefficient (Wildman–Crippen LogP) is 1.46. The Balaban J connectivity index is 1.55. The lowest BCUT2D eigenvalue weighted by Gasteiger charge is -2.10. The Morgan fingerprint density at radius 1 is 1.35 bits per heavy atom. The minimum Gasteiger partial charge on any atom is -0.377 e. The Kier molecular flexibility index (Phi) is 4.42. The summed E-state index contributed by atoms with van der Waals surface area (Å²) in [5.41, 5.74) is 0. The van der Waals surface area contributed by atoms with Crippen LogP contribution in [0.15, 0.2) is 16.3 Å². The normalized spacial score (nSPS) is 23.3. The summed E-state index contributed by atoms with van der Waals surface area (Å²) in [6, 6.07) is 2.40. The van der Waals surface area contributed by atoms with Crippen LogP contribution in [-0.4, -0.2) is 33.7 Å². The highest BCUT2D eigenvalue weighted by Crippen LogP contribution is 2.23. The summed E-state index contributed by atoms with van der Waals surface area (Å²) in [5.74, 6) is 0. The fourth-order valence-corrected chi connectivity index (χ4v) is 4.51. The van der Waals surface area contributed by atoms with Crippen molar-refractivity contribution in [3.8, 4) is 0 Å². The van der Waals surface area contributed by atoms with Gasteiger partial charge in [0.05, 0.1) is 11.0 Å². The molecule has 0 aromatic carbocycles. The standard InChI is InChI=1S/C13H20N2O3S2/c16-20(17,15-7-11-2-1-5-18-11)13-6-12(19-9-13)8-14-10-3-4-10/h6,9-11,14-15H,1-5,7-8H2. The zero-order chi connectivity index (χ0) is 14.0. The van der Waals surface area contributed by atoms with Gasteiger partial charge < -0.3 is 10.1 Å². The van der Waals surface area contributed by atoms with Crippen LogP contribution in [0.25, 0.3) is 0 Å². The molecule has 1 saturated carbocycles. The summed E-state index contributed by atoms with van der Waals surface area (Å²) in [5, 5.41) is 5.10. The maximum Gasteiger partial charge on any atom is 0.241 e. The third-order valence-electron chi connectivity index (χ3n) is 3.61. The number of ether oxygens (including phenoxy) is 1. The van der Waals surface area contributed by atoms with Gasteiger partial charge in [0.15, 0.2) is 0 Å². The summed E-state index contributed by atoms with van der Waals surface area (Å²) in [6.45, 7) is 1.87. The molecule has 1 aromatic rings. The molecule has 3 rings (SSSR count). The summed E-state index contributed by atoms with van der Waals surface area (Å²) in [7, 11) is -3.40. The second kappa shape index (κ2) is 6.11. The molecule has 20 heavy (non-hydrogen) atoms. The first-order valence-corrected chi connectivity index (χ1v) is 9.42. The van der Waals surface area contributed by atoms with E-state index in [2.05, 4.69) is 10.0 Å². The lowest BCUT2D eigenvalue weighted by Crippen LogP contribution is -2.31. The molecule has 1 aromatic heterocycles. The summed E-state index contributed by atoms with van der Waals surface area (Å²) in [6.07, 6.45) is 4.45. The van der Waals surface area contributed by atoms with Gasteiger partial charge in [0, 0.05) is 36.0 Å². The van der Waals surface area contributed by atoms with Crippen LogP contribution >= 0.6 is 11.3 Å². The molecule has 7 heteroatoms. The van der Waals surface area contributed by atoms with Crippen LogP contribution in [0.4, 0.5) is 0 Å². The predicted molar refractivity (Wildman–Crippen MR) is 78.3 cm³/mol. The van der Waals surface area contributed by atoms with E-state index in [9.17, 15) is 8.42 Å². The third-order valence-corrected chi connectivity index (χ3v) is 6.10. The van der Waals surface area contributed by atoms with Gasteiger partial charge in [-0.15, -0.1) is 11.3 Å². The van der Waals surface area contributed by atoms with Crippen molar-refractivity contribution in [3.05, 3.63) is 16.3 Å². The zero-order valence-electron chi connectivity index (χ0n) is 11.3. The lowest BCUT2D eigenvalue weighted by atomic mass is 10.2. The van der Waals surface area contributed by atoms with E-state index in [0.717, 1.165) is 30.9 Å². The molecule has 0 bridgehead atoms. The molecule has 0 amide bonds. The molecule has 1 aliphatic heterocycles. The highest BCUT2D eigenvalue weighted by Gasteiger charge is 2.22. The highest BCUT2D eigenvalue weighted by molar-refractivity contribution is 7.89. The van der Waals surface area contributed by atoms with Gasteiger partial charge in [-0.25, -0.2) is 13.1 Å². The number of sulfonamides is 1. The second-order valence-corrected chi connectivity index (χ2v) is 8.15. The Morgan fingerprint density at radius 3 is 2.90 bits per heavy atom. The van der Waals surface area contributed by atoms with Crippen molar-refractivity contribution in [1.82, 2.24) is 10.0 Å². The fraction of sp³-hybridized carbons (Fsp3) is 0.692. The van der Waals surface area contributed by atoms with Gasteiger partial charge in [0.25, 0.3) is 0 Å². The summed E-state index contributed by atoms with van der Waals surface area (Å²) < 4.78 is 32.4. The number of rotatable bonds is 7. The van der Waals surface area contributed by atoms with Crippen molar-refractivity contribution >= 4 is 21.4 Å². The van der Waals surface area contributed by atoms with Crippen LogP contribution in [0, 0.1) is 0 Å².